The minimum absolute atomic E-state index is 0.0128. The van der Waals surface area contributed by atoms with Crippen LogP contribution in [0.25, 0.3) is 21.0 Å². The maximum Gasteiger partial charge on any atom is 0.268 e. The molecule has 0 saturated carbocycles. The van der Waals surface area contributed by atoms with Crippen molar-refractivity contribution in [2.75, 3.05) is 11.4 Å². The van der Waals surface area contributed by atoms with E-state index in [1.165, 1.54) is 11.3 Å². The molecule has 0 fully saturated rings. The molecule has 0 saturated heterocycles. The number of fused-ring (bicyclic) bond motifs is 3. The number of thiophene rings is 1. The first-order valence-corrected chi connectivity index (χ1v) is 10.1. The molecule has 0 spiro atoms. The topological polar surface area (TPSA) is 33.2 Å². The van der Waals surface area contributed by atoms with Crippen molar-refractivity contribution in [3.05, 3.63) is 69.7 Å². The van der Waals surface area contributed by atoms with Crippen LogP contribution in [0.4, 0.5) is 5.69 Å². The Balaban J connectivity index is 1.86. The molecule has 136 valence electrons. The van der Waals surface area contributed by atoms with Gasteiger partial charge >= 0.3 is 0 Å². The molecule has 4 aromatic rings. The van der Waals surface area contributed by atoms with Gasteiger partial charge in [0.2, 0.25) is 0 Å². The van der Waals surface area contributed by atoms with Crippen molar-refractivity contribution in [1.29, 1.82) is 0 Å². The largest absolute Gasteiger partial charge is 0.308 e. The van der Waals surface area contributed by atoms with Crippen molar-refractivity contribution < 1.29 is 4.79 Å². The van der Waals surface area contributed by atoms with Gasteiger partial charge in [-0.3, -0.25) is 4.79 Å². The van der Waals surface area contributed by atoms with Crippen LogP contribution in [0.1, 0.15) is 27.7 Å². The zero-order valence-electron chi connectivity index (χ0n) is 15.4. The van der Waals surface area contributed by atoms with Gasteiger partial charge in [0.25, 0.3) is 5.91 Å². The molecule has 5 heteroatoms. The number of halogens is 1. The lowest BCUT2D eigenvalue weighted by atomic mass is 10.1. The van der Waals surface area contributed by atoms with Crippen LogP contribution in [0.3, 0.4) is 0 Å². The van der Waals surface area contributed by atoms with E-state index in [1.807, 2.05) is 56.3 Å². The SMILES string of the molecule is CCN(C(=O)c1cc2c(Cl)nc3ccc(C)cc3c2s1)c1cccc(C)c1. The van der Waals surface area contributed by atoms with Crippen molar-refractivity contribution in [2.24, 2.45) is 0 Å². The molecule has 27 heavy (non-hydrogen) atoms. The quantitative estimate of drug-likeness (QED) is 0.377. The van der Waals surface area contributed by atoms with Gasteiger partial charge in [0.05, 0.1) is 10.4 Å². The highest BCUT2D eigenvalue weighted by Gasteiger charge is 2.21. The number of benzene rings is 2. The number of aromatic nitrogens is 1. The summed E-state index contributed by atoms with van der Waals surface area (Å²) < 4.78 is 1.01. The maximum absolute atomic E-state index is 13.2. The van der Waals surface area contributed by atoms with Crippen molar-refractivity contribution in [3.63, 3.8) is 0 Å². The summed E-state index contributed by atoms with van der Waals surface area (Å²) in [7, 11) is 0. The summed E-state index contributed by atoms with van der Waals surface area (Å²) >= 11 is 7.90. The number of carbonyl (C=O) groups excluding carboxylic acids is 1. The lowest BCUT2D eigenvalue weighted by Gasteiger charge is -2.20. The first kappa shape index (κ1) is 18.0. The van der Waals surface area contributed by atoms with Crippen molar-refractivity contribution in [1.82, 2.24) is 4.98 Å². The summed E-state index contributed by atoms with van der Waals surface area (Å²) in [5.74, 6) is -0.0128. The summed E-state index contributed by atoms with van der Waals surface area (Å²) in [5, 5.41) is 2.32. The van der Waals surface area contributed by atoms with Crippen LogP contribution < -0.4 is 4.90 Å². The van der Waals surface area contributed by atoms with E-state index in [9.17, 15) is 4.79 Å². The first-order valence-electron chi connectivity index (χ1n) is 8.86. The van der Waals surface area contributed by atoms with Gasteiger partial charge in [-0.05, 0) is 56.7 Å². The van der Waals surface area contributed by atoms with Crippen LogP contribution in [0.2, 0.25) is 5.15 Å². The van der Waals surface area contributed by atoms with Crippen LogP contribution >= 0.6 is 22.9 Å². The molecule has 4 rings (SSSR count). The second-order valence-electron chi connectivity index (χ2n) is 6.67. The average molecular weight is 395 g/mol. The van der Waals surface area contributed by atoms with Crippen LogP contribution in [0.5, 0.6) is 0 Å². The molecule has 3 nitrogen and oxygen atoms in total. The third-order valence-corrected chi connectivity index (χ3v) is 6.10. The van der Waals surface area contributed by atoms with Gasteiger partial charge in [-0.15, -0.1) is 11.3 Å². The second-order valence-corrected chi connectivity index (χ2v) is 8.08. The van der Waals surface area contributed by atoms with E-state index in [0.717, 1.165) is 37.8 Å². The van der Waals surface area contributed by atoms with Gasteiger partial charge < -0.3 is 4.90 Å². The minimum atomic E-state index is -0.0128. The molecule has 1 amide bonds. The Morgan fingerprint density at radius 1 is 1.07 bits per heavy atom. The van der Waals surface area contributed by atoms with Gasteiger partial charge in [0.15, 0.2) is 0 Å². The highest BCUT2D eigenvalue weighted by atomic mass is 35.5. The van der Waals surface area contributed by atoms with Crippen LogP contribution in [0.15, 0.2) is 48.5 Å². The Morgan fingerprint density at radius 3 is 2.59 bits per heavy atom. The molecule has 0 atom stereocenters. The number of hydrogen-bond acceptors (Lipinski definition) is 3. The lowest BCUT2D eigenvalue weighted by Crippen LogP contribution is -2.29. The normalized spacial score (nSPS) is 11.3. The number of hydrogen-bond donors (Lipinski definition) is 0. The molecule has 0 aliphatic carbocycles. The molecule has 0 radical (unpaired) electrons. The average Bonchev–Trinajstić information content (AvgIpc) is 3.09. The molecule has 0 aliphatic rings. The standard InChI is InChI=1S/C22H19ClN2OS/c1-4-25(15-7-5-6-13(2)10-15)22(26)19-12-17-20(27-19)16-11-14(3)8-9-18(16)24-21(17)23/h5-12H,4H2,1-3H3. The number of nitrogens with zero attached hydrogens (tertiary/aromatic N) is 2. The zero-order valence-corrected chi connectivity index (χ0v) is 17.0. The van der Waals surface area contributed by atoms with E-state index in [4.69, 9.17) is 11.6 Å². The van der Waals surface area contributed by atoms with Gasteiger partial charge in [-0.1, -0.05) is 35.4 Å². The summed E-state index contributed by atoms with van der Waals surface area (Å²) in [5.41, 5.74) is 4.04. The number of aryl methyl sites for hydroxylation is 2. The van der Waals surface area contributed by atoms with Gasteiger partial charge in [-0.25, -0.2) is 4.98 Å². The monoisotopic (exact) mass is 394 g/mol. The minimum Gasteiger partial charge on any atom is -0.308 e. The third-order valence-electron chi connectivity index (χ3n) is 4.66. The zero-order chi connectivity index (χ0) is 19.1. The Kier molecular flexibility index (Phi) is 4.62. The molecule has 2 aromatic carbocycles. The fourth-order valence-electron chi connectivity index (χ4n) is 3.32. The number of anilines is 1. The van der Waals surface area contributed by atoms with E-state index in [-0.39, 0.29) is 5.91 Å². The van der Waals surface area contributed by atoms with Gasteiger partial charge in [-0.2, -0.15) is 0 Å². The molecule has 0 N–H and O–H groups in total. The summed E-state index contributed by atoms with van der Waals surface area (Å²) in [4.78, 5) is 20.2. The Hall–Kier alpha value is -2.43. The van der Waals surface area contributed by atoms with Crippen molar-refractivity contribution >= 4 is 55.5 Å². The van der Waals surface area contributed by atoms with Gasteiger partial charge in [0, 0.05) is 27.7 Å². The van der Waals surface area contributed by atoms with Crippen LogP contribution in [0, 0.1) is 13.8 Å². The fraction of sp³-hybridized carbons (Fsp3) is 0.182. The number of pyridine rings is 1. The van der Waals surface area contributed by atoms with E-state index in [2.05, 4.69) is 18.0 Å². The fourth-order valence-corrected chi connectivity index (χ4v) is 4.75. The number of carbonyl (C=O) groups is 1. The van der Waals surface area contributed by atoms with E-state index >= 15 is 0 Å². The summed E-state index contributed by atoms with van der Waals surface area (Å²) in [6.45, 7) is 6.67. The Labute approximate surface area is 167 Å². The molecular weight excluding hydrogens is 376 g/mol. The van der Waals surface area contributed by atoms with E-state index in [1.54, 1.807) is 4.90 Å². The lowest BCUT2D eigenvalue weighted by molar-refractivity contribution is 0.0992. The smallest absolute Gasteiger partial charge is 0.268 e. The van der Waals surface area contributed by atoms with Gasteiger partial charge in [0.1, 0.15) is 5.15 Å². The number of amides is 1. The first-order chi connectivity index (χ1) is 13.0. The highest BCUT2D eigenvalue weighted by molar-refractivity contribution is 7.22. The maximum atomic E-state index is 13.2. The summed E-state index contributed by atoms with van der Waals surface area (Å²) in [6.07, 6.45) is 0. The van der Waals surface area contributed by atoms with Crippen molar-refractivity contribution in [2.45, 2.75) is 20.8 Å². The predicted molar refractivity (Wildman–Crippen MR) is 115 cm³/mol. The number of rotatable bonds is 3. The van der Waals surface area contributed by atoms with E-state index < -0.39 is 0 Å². The predicted octanol–water partition coefficient (Wildman–Crippen LogP) is 6.39. The van der Waals surface area contributed by atoms with Crippen LogP contribution in [-0.2, 0) is 0 Å². The molecule has 0 unspecified atom stereocenters. The molecular formula is C22H19ClN2OS. The molecule has 0 bridgehead atoms. The molecule has 2 aromatic heterocycles. The van der Waals surface area contributed by atoms with Crippen LogP contribution in [-0.4, -0.2) is 17.4 Å². The highest BCUT2D eigenvalue weighted by Crippen LogP contribution is 2.37. The Bertz CT molecular complexity index is 1180. The van der Waals surface area contributed by atoms with E-state index in [0.29, 0.717) is 16.6 Å². The second kappa shape index (κ2) is 6.95. The molecule has 2 heterocycles. The Morgan fingerprint density at radius 2 is 1.85 bits per heavy atom. The van der Waals surface area contributed by atoms with Crippen molar-refractivity contribution in [3.8, 4) is 0 Å². The molecule has 0 aliphatic heterocycles. The third kappa shape index (κ3) is 3.20. The summed E-state index contributed by atoms with van der Waals surface area (Å²) in [6, 6.07) is 16.0.